The summed E-state index contributed by atoms with van der Waals surface area (Å²) in [4.78, 5) is 25.6. The predicted molar refractivity (Wildman–Crippen MR) is 81.2 cm³/mol. The second-order valence-corrected chi connectivity index (χ2v) is 8.06. The van der Waals surface area contributed by atoms with Gasteiger partial charge in [-0.1, -0.05) is 0 Å². The van der Waals surface area contributed by atoms with E-state index in [9.17, 15) is 13.8 Å². The summed E-state index contributed by atoms with van der Waals surface area (Å²) in [5.41, 5.74) is -0.186. The molecule has 1 heterocycles. The Kier molecular flexibility index (Phi) is 5.41. The number of esters is 1. The molecule has 1 aliphatic heterocycles. The molecule has 0 N–H and O–H groups in total. The van der Waals surface area contributed by atoms with E-state index in [1.54, 1.807) is 6.92 Å². The minimum Gasteiger partial charge on any atom is -0.469 e. The van der Waals surface area contributed by atoms with Crippen LogP contribution in [0.4, 0.5) is 0 Å². The van der Waals surface area contributed by atoms with Crippen LogP contribution < -0.4 is 0 Å². The number of hydrogen-bond donors (Lipinski definition) is 0. The number of piperidine rings is 1. The van der Waals surface area contributed by atoms with Crippen LogP contribution >= 0.6 is 0 Å². The van der Waals surface area contributed by atoms with Gasteiger partial charge in [-0.3, -0.25) is 13.8 Å². The van der Waals surface area contributed by atoms with Gasteiger partial charge in [-0.25, -0.2) is 0 Å². The van der Waals surface area contributed by atoms with E-state index in [0.29, 0.717) is 12.2 Å². The van der Waals surface area contributed by atoms with Gasteiger partial charge in [0.1, 0.15) is 5.25 Å². The molecule has 1 saturated heterocycles. The maximum Gasteiger partial charge on any atom is 0.306 e. The first-order valence-electron chi connectivity index (χ1n) is 7.70. The molecular formula is C15H25NO4S. The lowest BCUT2D eigenvalue weighted by atomic mass is 10.1. The van der Waals surface area contributed by atoms with Gasteiger partial charge < -0.3 is 9.64 Å². The standard InChI is InChI=1S/C15H25NO4S/c1-12(14(18)16-8-4-3-5-9-16)21(19)11-15(6-7-15)10-13(17)20-2/h12H,3-11H2,1-2H3. The molecule has 0 aromatic heterocycles. The fraction of sp³-hybridized carbons (Fsp3) is 0.867. The van der Waals surface area contributed by atoms with Gasteiger partial charge in [0.2, 0.25) is 5.91 Å². The molecule has 21 heavy (non-hydrogen) atoms. The average molecular weight is 315 g/mol. The van der Waals surface area contributed by atoms with Crippen molar-refractivity contribution in [2.45, 2.75) is 50.7 Å². The highest BCUT2D eigenvalue weighted by molar-refractivity contribution is 7.86. The first-order chi connectivity index (χ1) is 9.97. The van der Waals surface area contributed by atoms with E-state index in [1.807, 2.05) is 4.90 Å². The van der Waals surface area contributed by atoms with Crippen LogP contribution in [0.25, 0.3) is 0 Å². The monoisotopic (exact) mass is 315 g/mol. The van der Waals surface area contributed by atoms with Crippen molar-refractivity contribution in [1.82, 2.24) is 4.90 Å². The second-order valence-electron chi connectivity index (χ2n) is 6.31. The summed E-state index contributed by atoms with van der Waals surface area (Å²) in [7, 11) is 0.152. The van der Waals surface area contributed by atoms with Crippen LogP contribution in [-0.2, 0) is 25.1 Å². The van der Waals surface area contributed by atoms with Crippen molar-refractivity contribution in [3.8, 4) is 0 Å². The minimum atomic E-state index is -1.22. The molecule has 120 valence electrons. The van der Waals surface area contributed by atoms with E-state index in [1.165, 1.54) is 13.5 Å². The fourth-order valence-electron chi connectivity index (χ4n) is 2.84. The number of nitrogens with zero attached hydrogens (tertiary/aromatic N) is 1. The van der Waals surface area contributed by atoms with Crippen LogP contribution in [0.2, 0.25) is 0 Å². The van der Waals surface area contributed by atoms with Crippen LogP contribution in [0.3, 0.4) is 0 Å². The zero-order chi connectivity index (χ0) is 15.5. The van der Waals surface area contributed by atoms with Gasteiger partial charge in [-0.2, -0.15) is 0 Å². The van der Waals surface area contributed by atoms with Crippen molar-refractivity contribution in [3.05, 3.63) is 0 Å². The van der Waals surface area contributed by atoms with Crippen LogP contribution in [0.5, 0.6) is 0 Å². The third-order valence-electron chi connectivity index (χ3n) is 4.56. The molecule has 0 aromatic rings. The van der Waals surface area contributed by atoms with Gasteiger partial charge in [0, 0.05) is 29.6 Å². The highest BCUT2D eigenvalue weighted by atomic mass is 32.2. The van der Waals surface area contributed by atoms with Crippen LogP contribution in [0.1, 0.15) is 45.4 Å². The number of hydrogen-bond acceptors (Lipinski definition) is 4. The van der Waals surface area contributed by atoms with Gasteiger partial charge in [-0.15, -0.1) is 0 Å². The highest BCUT2D eigenvalue weighted by Crippen LogP contribution is 2.49. The summed E-state index contributed by atoms with van der Waals surface area (Å²) in [6.07, 6.45) is 5.37. The molecule has 0 spiro atoms. The van der Waals surface area contributed by atoms with E-state index < -0.39 is 16.0 Å². The summed E-state index contributed by atoms with van der Waals surface area (Å²) in [6.45, 7) is 3.32. The van der Waals surface area contributed by atoms with E-state index in [0.717, 1.165) is 38.8 Å². The van der Waals surface area contributed by atoms with E-state index >= 15 is 0 Å². The van der Waals surface area contributed by atoms with E-state index in [4.69, 9.17) is 4.74 Å². The number of carbonyl (C=O) groups excluding carboxylic acids is 2. The zero-order valence-electron chi connectivity index (χ0n) is 12.9. The Hall–Kier alpha value is -0.910. The molecule has 2 aliphatic rings. The molecule has 2 rings (SSSR count). The third kappa shape index (κ3) is 4.28. The first-order valence-corrected chi connectivity index (χ1v) is 9.08. The van der Waals surface area contributed by atoms with Gasteiger partial charge in [0.25, 0.3) is 0 Å². The van der Waals surface area contributed by atoms with Crippen molar-refractivity contribution in [2.75, 3.05) is 26.0 Å². The molecule has 1 amide bonds. The average Bonchev–Trinajstić information content (AvgIpc) is 3.25. The smallest absolute Gasteiger partial charge is 0.306 e. The van der Waals surface area contributed by atoms with E-state index in [2.05, 4.69) is 0 Å². The molecule has 0 bridgehead atoms. The Balaban J connectivity index is 1.87. The van der Waals surface area contributed by atoms with Crippen molar-refractivity contribution in [3.63, 3.8) is 0 Å². The van der Waals surface area contributed by atoms with Gasteiger partial charge in [0.15, 0.2) is 0 Å². The molecule has 1 saturated carbocycles. The molecule has 0 radical (unpaired) electrons. The zero-order valence-corrected chi connectivity index (χ0v) is 13.7. The number of likely N-dealkylation sites (tertiary alicyclic amines) is 1. The quantitative estimate of drug-likeness (QED) is 0.697. The van der Waals surface area contributed by atoms with Gasteiger partial charge in [-0.05, 0) is 44.4 Å². The molecule has 0 aromatic carbocycles. The van der Waals surface area contributed by atoms with Crippen LogP contribution in [0, 0.1) is 5.41 Å². The third-order valence-corrected chi connectivity index (χ3v) is 6.45. The number of amides is 1. The maximum absolute atomic E-state index is 12.5. The van der Waals surface area contributed by atoms with E-state index in [-0.39, 0.29) is 17.3 Å². The number of ether oxygens (including phenoxy) is 1. The fourth-order valence-corrected chi connectivity index (χ4v) is 4.46. The minimum absolute atomic E-state index is 0.00176. The Bertz CT molecular complexity index is 427. The predicted octanol–water partition coefficient (Wildman–Crippen LogP) is 1.48. The number of carbonyl (C=O) groups is 2. The Morgan fingerprint density at radius 1 is 1.24 bits per heavy atom. The SMILES string of the molecule is COC(=O)CC1(CS(=O)C(C)C(=O)N2CCCCC2)CC1. The molecule has 2 atom stereocenters. The molecular weight excluding hydrogens is 290 g/mol. The Morgan fingerprint density at radius 3 is 2.38 bits per heavy atom. The highest BCUT2D eigenvalue weighted by Gasteiger charge is 2.47. The van der Waals surface area contributed by atoms with Crippen molar-refractivity contribution in [2.24, 2.45) is 5.41 Å². The normalized spacial score (nSPS) is 23.2. The van der Waals surface area contributed by atoms with Crippen molar-refractivity contribution >= 4 is 22.7 Å². The largest absolute Gasteiger partial charge is 0.469 e. The number of rotatable bonds is 6. The lowest BCUT2D eigenvalue weighted by Crippen LogP contribution is -2.43. The lowest BCUT2D eigenvalue weighted by Gasteiger charge is -2.29. The summed E-state index contributed by atoms with van der Waals surface area (Å²) >= 11 is 0. The van der Waals surface area contributed by atoms with Crippen molar-refractivity contribution < 1.29 is 18.5 Å². The Labute approximate surface area is 128 Å². The van der Waals surface area contributed by atoms with Crippen LogP contribution in [-0.4, -0.2) is 52.2 Å². The molecule has 2 unspecified atom stereocenters. The molecule has 6 heteroatoms. The van der Waals surface area contributed by atoms with Gasteiger partial charge in [0.05, 0.1) is 13.5 Å². The first kappa shape index (κ1) is 16.5. The maximum atomic E-state index is 12.5. The molecule has 2 fully saturated rings. The summed E-state index contributed by atoms with van der Waals surface area (Å²) in [5, 5.41) is -0.474. The second kappa shape index (κ2) is 6.90. The molecule has 5 nitrogen and oxygen atoms in total. The lowest BCUT2D eigenvalue weighted by molar-refractivity contribution is -0.141. The number of methoxy groups -OCH3 is 1. The Morgan fingerprint density at radius 2 is 1.86 bits per heavy atom. The summed E-state index contributed by atoms with van der Waals surface area (Å²) in [5.74, 6) is 0.185. The van der Waals surface area contributed by atoms with Gasteiger partial charge >= 0.3 is 5.97 Å². The topological polar surface area (TPSA) is 63.7 Å². The summed E-state index contributed by atoms with van der Waals surface area (Å²) < 4.78 is 17.2. The van der Waals surface area contributed by atoms with Crippen LogP contribution in [0.15, 0.2) is 0 Å². The summed E-state index contributed by atoms with van der Waals surface area (Å²) in [6, 6.07) is 0. The van der Waals surface area contributed by atoms with Crippen molar-refractivity contribution in [1.29, 1.82) is 0 Å². The molecule has 1 aliphatic carbocycles.